The first-order valence-corrected chi connectivity index (χ1v) is 36.0. The number of rotatable bonds is 23. The van der Waals surface area contributed by atoms with Crippen molar-refractivity contribution < 1.29 is 82.6 Å². The molecule has 0 bridgehead atoms. The van der Waals surface area contributed by atoms with Crippen molar-refractivity contribution in [3.05, 3.63) is 149 Å². The molecule has 15 atom stereocenters. The van der Waals surface area contributed by atoms with Crippen LogP contribution in [0.25, 0.3) is 0 Å². The molecule has 4 aromatic carbocycles. The van der Waals surface area contributed by atoms with Crippen molar-refractivity contribution in [2.45, 2.75) is 196 Å². The Labute approximate surface area is 619 Å². The van der Waals surface area contributed by atoms with Crippen molar-refractivity contribution in [3.8, 4) is 5.75 Å². The first-order valence-electron chi connectivity index (χ1n) is 36.0. The number of fused-ring (bicyclic) bond motifs is 1. The summed E-state index contributed by atoms with van der Waals surface area (Å²) in [7, 11) is 0. The summed E-state index contributed by atoms with van der Waals surface area (Å²) in [4.78, 5) is 165. The number of hydrogen-bond donors (Lipinski definition) is 16. The minimum absolute atomic E-state index is 0.0188. The second-order valence-corrected chi connectivity index (χ2v) is 27.9. The van der Waals surface area contributed by atoms with Gasteiger partial charge >= 0.3 is 0 Å². The molecule has 3 saturated heterocycles. The second-order valence-electron chi connectivity index (χ2n) is 27.9. The molecule has 8 rings (SSSR count). The number of phenols is 1. The number of ether oxygens (including phenoxy) is 2. The van der Waals surface area contributed by atoms with E-state index in [0.717, 1.165) is 0 Å². The molecule has 0 radical (unpaired) electrons. The molecule has 33 heteroatoms. The summed E-state index contributed by atoms with van der Waals surface area (Å²) in [5.41, 5.74) is 20.0. The zero-order chi connectivity index (χ0) is 77.4. The van der Waals surface area contributed by atoms with E-state index in [9.17, 15) is 44.4 Å². The lowest BCUT2D eigenvalue weighted by Crippen LogP contribution is -2.62. The van der Waals surface area contributed by atoms with E-state index in [1.807, 2.05) is 13.8 Å². The predicted molar refractivity (Wildman–Crippen MR) is 386 cm³/mol. The number of carbonyl (C=O) groups excluding carboxylic acids is 11. The molecule has 3 aliphatic heterocycles. The van der Waals surface area contributed by atoms with Crippen LogP contribution in [0.1, 0.15) is 94.2 Å². The number of aromatic nitrogens is 3. The molecule has 107 heavy (non-hydrogen) atoms. The topological polar surface area (TPSA) is 507 Å². The largest absolute Gasteiger partial charge is 0.508 e. The van der Waals surface area contributed by atoms with Crippen molar-refractivity contribution in [2.24, 2.45) is 29.0 Å². The zero-order valence-electron chi connectivity index (χ0n) is 60.3. The number of aliphatic hydroxyl groups excluding tert-OH is 3. The van der Waals surface area contributed by atoms with E-state index in [-0.39, 0.29) is 95.0 Å². The van der Waals surface area contributed by atoms with Gasteiger partial charge in [-0.1, -0.05) is 136 Å². The molecule has 33 nitrogen and oxygen atoms in total. The van der Waals surface area contributed by atoms with Crippen LogP contribution in [0.4, 0.5) is 0 Å². The number of nitrogens with one attached hydrogen (secondary N) is 9. The van der Waals surface area contributed by atoms with Gasteiger partial charge in [-0.05, 0) is 84.9 Å². The number of aromatic hydroxyl groups is 1. The fourth-order valence-electron chi connectivity index (χ4n) is 12.9. The highest BCUT2D eigenvalue weighted by Gasteiger charge is 2.45. The predicted octanol–water partition coefficient (Wildman–Crippen LogP) is -3.04. The number of primary amides is 1. The van der Waals surface area contributed by atoms with Gasteiger partial charge < -0.3 is 99.9 Å². The van der Waals surface area contributed by atoms with E-state index in [4.69, 9.17) is 26.7 Å². The highest BCUT2D eigenvalue weighted by molar-refractivity contribution is 6.00. The number of benzene rings is 4. The Morgan fingerprint density at radius 2 is 1.04 bits per heavy atom. The van der Waals surface area contributed by atoms with Crippen LogP contribution >= 0.6 is 0 Å². The van der Waals surface area contributed by atoms with Gasteiger partial charge in [0.25, 0.3) is 0 Å². The summed E-state index contributed by atoms with van der Waals surface area (Å²) < 4.78 is 12.6. The van der Waals surface area contributed by atoms with E-state index in [2.05, 4.69) is 58.2 Å². The monoisotopic (exact) mass is 1480 g/mol. The normalized spacial score (nSPS) is 26.6. The molecule has 11 amide bonds. The van der Waals surface area contributed by atoms with Crippen LogP contribution < -0.4 is 65.1 Å². The standard InChI is InChI=1S/C74H100N16O17/c1-41(2)32-50-65(97)85-56(36-45-20-12-7-13-21-45)73(105)90-29-15-23-57(90)71(103)84-52(34-44-18-10-6-11-19-44)67(99)80-51(33-43-16-8-5-9-17-43)66(98)83-55(38-59(76)93)69(101)82-54(37-47-39-89(88-87-47)30-31-106-74-60(77)63(95)62(94)58(40-91)107-74)68(100)81-53(35-46-24-26-48(92)27-25-46)70(102)86-61(42(3)4)72(104)78-49(22-14-28-75)64(96)79-50/h5-13,16-21,24-27,39,41-42,49-58,60-63,74,91-92,94-95H,14-15,22-23,28-38,40,75,77H2,1-4H3,(H2,76,93)(H,78,104)(H,79,96)(H,80,99)(H,81,100)(H,82,101)(H,83,98)(H,84,103)(H,85,97)(H,86,102)/t49-,50-,51+,52-,53-,54-,55-,56+,57-,58+,60+,61-,62+,63+,74+/m0/s1. The summed E-state index contributed by atoms with van der Waals surface area (Å²) in [6.07, 6.45) is -5.71. The van der Waals surface area contributed by atoms with Crippen molar-refractivity contribution >= 4 is 65.0 Å². The van der Waals surface area contributed by atoms with Crippen LogP contribution in [0.2, 0.25) is 0 Å². The molecule has 0 saturated carbocycles. The maximum atomic E-state index is 15.3. The molecule has 4 heterocycles. The molecule has 0 aliphatic carbocycles. The van der Waals surface area contributed by atoms with Crippen molar-refractivity contribution in [1.82, 2.24) is 67.7 Å². The van der Waals surface area contributed by atoms with Crippen LogP contribution in [0.15, 0.2) is 121 Å². The third-order valence-corrected chi connectivity index (χ3v) is 18.7. The molecule has 19 N–H and O–H groups in total. The van der Waals surface area contributed by atoms with E-state index in [1.165, 1.54) is 40.0 Å². The number of hydrogen-bond acceptors (Lipinski definition) is 21. The lowest BCUT2D eigenvalue weighted by molar-refractivity contribution is -0.266. The summed E-state index contributed by atoms with van der Waals surface area (Å²) in [5, 5.41) is 73.8. The minimum Gasteiger partial charge on any atom is -0.508 e. The van der Waals surface area contributed by atoms with Gasteiger partial charge in [-0.2, -0.15) is 0 Å². The Balaban J connectivity index is 1.20. The van der Waals surface area contributed by atoms with Gasteiger partial charge in [0.2, 0.25) is 65.0 Å². The Morgan fingerprint density at radius 3 is 1.56 bits per heavy atom. The van der Waals surface area contributed by atoms with Gasteiger partial charge in [-0.3, -0.25) is 52.7 Å². The first kappa shape index (κ1) is 82.4. The number of nitrogens with two attached hydrogens (primary N) is 3. The Morgan fingerprint density at radius 1 is 0.579 bits per heavy atom. The summed E-state index contributed by atoms with van der Waals surface area (Å²) in [6.45, 7) is 6.04. The summed E-state index contributed by atoms with van der Waals surface area (Å²) in [5.74, 6) is -11.2. The highest BCUT2D eigenvalue weighted by atomic mass is 16.7. The van der Waals surface area contributed by atoms with Gasteiger partial charge in [-0.15, -0.1) is 5.10 Å². The smallest absolute Gasteiger partial charge is 0.246 e. The summed E-state index contributed by atoms with van der Waals surface area (Å²) in [6, 6.07) is 15.2. The fraction of sp³-hybridized carbons (Fsp3) is 0.500. The Kier molecular flexibility index (Phi) is 30.7. The third-order valence-electron chi connectivity index (χ3n) is 18.7. The van der Waals surface area contributed by atoms with E-state index < -0.39 is 181 Å². The van der Waals surface area contributed by atoms with E-state index in [0.29, 0.717) is 28.7 Å². The van der Waals surface area contributed by atoms with Crippen LogP contribution in [0.3, 0.4) is 0 Å². The fourth-order valence-corrected chi connectivity index (χ4v) is 12.9. The molecule has 0 spiro atoms. The third kappa shape index (κ3) is 24.1. The van der Waals surface area contributed by atoms with Gasteiger partial charge in [0.15, 0.2) is 6.29 Å². The highest BCUT2D eigenvalue weighted by Crippen LogP contribution is 2.24. The van der Waals surface area contributed by atoms with Crippen molar-refractivity contribution in [2.75, 3.05) is 26.3 Å². The van der Waals surface area contributed by atoms with Gasteiger partial charge in [-0.25, -0.2) is 4.68 Å². The van der Waals surface area contributed by atoms with Gasteiger partial charge in [0.05, 0.1) is 37.9 Å². The summed E-state index contributed by atoms with van der Waals surface area (Å²) >= 11 is 0. The zero-order valence-corrected chi connectivity index (χ0v) is 60.3. The maximum absolute atomic E-state index is 15.3. The maximum Gasteiger partial charge on any atom is 0.246 e. The molecule has 0 unspecified atom stereocenters. The second kappa shape index (κ2) is 39.9. The molecule has 1 aromatic heterocycles. The van der Waals surface area contributed by atoms with Crippen molar-refractivity contribution in [3.63, 3.8) is 0 Å². The number of aliphatic hydroxyl groups is 3. The van der Waals surface area contributed by atoms with E-state index >= 15 is 28.8 Å². The van der Waals surface area contributed by atoms with Crippen molar-refractivity contribution in [1.29, 1.82) is 0 Å². The average molecular weight is 1490 g/mol. The number of phenolic OH excluding ortho intramolecular Hbond substituents is 1. The average Bonchev–Trinajstić information content (AvgIpc) is 1.78. The van der Waals surface area contributed by atoms with Gasteiger partial charge in [0, 0.05) is 44.8 Å². The lowest BCUT2D eigenvalue weighted by Gasteiger charge is -2.40. The number of nitrogens with zero attached hydrogens (tertiary/aromatic N) is 4. The SMILES string of the molecule is CC(C)C[C@@H]1NC(=O)[C@H](CCCN)NC(=O)[C@H](C(C)C)NC(=O)[C@H](Cc2ccc(O)cc2)NC(=O)[C@H](Cc2cn(CCO[C@@H]3O[C@H](CO)[C@@H](O)[C@H](O)[C@H]3N)nn2)NC(=O)[C@H](CC(N)=O)NC(=O)[C@@H](Cc2ccccc2)NC(=O)[C@H](Cc2ccccc2)NC(=O)[C@@H]2CCCN2C(=O)[C@@H](Cc2ccccc2)NC1=O. The van der Waals surface area contributed by atoms with Gasteiger partial charge in [0.1, 0.15) is 84.5 Å². The Hall–Kier alpha value is -10.3. The molecule has 3 fully saturated rings. The molecule has 5 aromatic rings. The molecule has 578 valence electrons. The van der Waals surface area contributed by atoms with Crippen LogP contribution in [0.5, 0.6) is 5.75 Å². The van der Waals surface area contributed by atoms with Crippen LogP contribution in [0, 0.1) is 11.8 Å². The number of amides is 11. The molecule has 3 aliphatic rings. The number of carbonyl (C=O) groups is 11. The van der Waals surface area contributed by atoms with E-state index in [1.54, 1.807) is 105 Å². The minimum atomic E-state index is -1.91. The van der Waals surface area contributed by atoms with Crippen LogP contribution in [-0.4, -0.2) is 223 Å². The lowest BCUT2D eigenvalue weighted by atomic mass is 9.98. The first-order chi connectivity index (χ1) is 51.2. The molecular formula is C74H100N16O17. The van der Waals surface area contributed by atoms with Crippen LogP contribution in [-0.2, 0) is 101 Å². The quantitative estimate of drug-likeness (QED) is 0.0309. The molecular weight excluding hydrogens is 1380 g/mol. The Bertz CT molecular complexity index is 3820.